The Morgan fingerprint density at radius 2 is 1.91 bits per heavy atom. The summed E-state index contributed by atoms with van der Waals surface area (Å²) in [6, 6.07) is 0. The van der Waals surface area contributed by atoms with Gasteiger partial charge in [-0.05, 0) is 26.7 Å². The molecule has 0 bridgehead atoms. The van der Waals surface area contributed by atoms with E-state index in [0.717, 1.165) is 0 Å². The number of ether oxygens (including phenoxy) is 1. The third-order valence-electron chi connectivity index (χ3n) is 3.41. The Labute approximate surface area is 152 Å². The van der Waals surface area contributed by atoms with Crippen LogP contribution in [0.3, 0.4) is 0 Å². The highest BCUT2D eigenvalue weighted by atomic mass is 127. The molecular weight excluding hydrogens is 426 g/mol. The fraction of sp³-hybridized carbons (Fsp3) is 0.857. The van der Waals surface area contributed by atoms with Crippen LogP contribution in [0.25, 0.3) is 0 Å². The molecule has 5 nitrogen and oxygen atoms in total. The van der Waals surface area contributed by atoms with E-state index < -0.39 is 12.6 Å². The van der Waals surface area contributed by atoms with Gasteiger partial charge in [-0.25, -0.2) is 0 Å². The molecule has 1 N–H and O–H groups in total. The molecule has 1 aliphatic rings. The van der Waals surface area contributed by atoms with Crippen molar-refractivity contribution in [1.82, 2.24) is 10.2 Å². The van der Waals surface area contributed by atoms with Crippen molar-refractivity contribution in [3.05, 3.63) is 0 Å². The third kappa shape index (κ3) is 8.61. The number of alkyl halides is 3. The minimum Gasteiger partial charge on any atom is -0.466 e. The summed E-state index contributed by atoms with van der Waals surface area (Å²) >= 11 is 0. The molecule has 1 aliphatic heterocycles. The van der Waals surface area contributed by atoms with Gasteiger partial charge in [-0.15, -0.1) is 24.0 Å². The summed E-state index contributed by atoms with van der Waals surface area (Å²) in [5.41, 5.74) is 0. The van der Waals surface area contributed by atoms with Gasteiger partial charge >= 0.3 is 12.1 Å². The van der Waals surface area contributed by atoms with Crippen molar-refractivity contribution < 1.29 is 22.7 Å². The van der Waals surface area contributed by atoms with E-state index in [9.17, 15) is 18.0 Å². The zero-order valence-electron chi connectivity index (χ0n) is 13.5. The van der Waals surface area contributed by atoms with Crippen LogP contribution in [-0.4, -0.2) is 55.8 Å². The molecule has 0 aromatic rings. The van der Waals surface area contributed by atoms with Gasteiger partial charge in [0.05, 0.1) is 25.5 Å². The van der Waals surface area contributed by atoms with Crippen LogP contribution in [-0.2, 0) is 9.53 Å². The van der Waals surface area contributed by atoms with Crippen molar-refractivity contribution in [2.75, 3.05) is 32.8 Å². The highest BCUT2D eigenvalue weighted by molar-refractivity contribution is 14.0. The SMILES string of the molecule is CCNC(=NCCC(F)(F)F)N1CCC(C(=O)OCC)CC1.I. The van der Waals surface area contributed by atoms with Gasteiger partial charge in [-0.1, -0.05) is 0 Å². The van der Waals surface area contributed by atoms with Gasteiger partial charge in [0.25, 0.3) is 0 Å². The lowest BCUT2D eigenvalue weighted by Crippen LogP contribution is -2.46. The van der Waals surface area contributed by atoms with Crippen molar-refractivity contribution in [3.8, 4) is 0 Å². The number of guanidine groups is 1. The standard InChI is InChI=1S/C14H24F3N3O2.HI/c1-3-18-13(19-8-7-14(15,16)17)20-9-5-11(6-10-20)12(21)22-4-2;/h11H,3-10H2,1-2H3,(H,18,19);1H. The fourth-order valence-electron chi connectivity index (χ4n) is 2.30. The van der Waals surface area contributed by atoms with E-state index >= 15 is 0 Å². The maximum Gasteiger partial charge on any atom is 0.390 e. The van der Waals surface area contributed by atoms with E-state index in [1.165, 1.54) is 0 Å². The summed E-state index contributed by atoms with van der Waals surface area (Å²) in [4.78, 5) is 17.6. The molecular formula is C14H25F3IN3O2. The number of carbonyl (C=O) groups excluding carboxylic acids is 1. The molecule has 0 aliphatic carbocycles. The third-order valence-corrected chi connectivity index (χ3v) is 3.41. The molecule has 1 fully saturated rings. The second kappa shape index (κ2) is 10.9. The number of piperidine rings is 1. The van der Waals surface area contributed by atoms with Gasteiger partial charge in [0.2, 0.25) is 0 Å². The van der Waals surface area contributed by atoms with Crippen LogP contribution in [0.2, 0.25) is 0 Å². The Morgan fingerprint density at radius 3 is 2.39 bits per heavy atom. The Bertz CT molecular complexity index is 384. The van der Waals surface area contributed by atoms with Gasteiger partial charge in [0.1, 0.15) is 0 Å². The van der Waals surface area contributed by atoms with Crippen LogP contribution >= 0.6 is 24.0 Å². The summed E-state index contributed by atoms with van der Waals surface area (Å²) in [7, 11) is 0. The molecule has 23 heavy (non-hydrogen) atoms. The van der Waals surface area contributed by atoms with Crippen LogP contribution < -0.4 is 5.32 Å². The first kappa shape index (κ1) is 22.3. The molecule has 0 spiro atoms. The minimum absolute atomic E-state index is 0. The molecule has 1 saturated heterocycles. The number of hydrogen-bond donors (Lipinski definition) is 1. The molecule has 0 atom stereocenters. The average molecular weight is 451 g/mol. The number of aliphatic imine (C=N–C) groups is 1. The highest BCUT2D eigenvalue weighted by Gasteiger charge is 2.28. The molecule has 0 aromatic heterocycles. The predicted molar refractivity (Wildman–Crippen MR) is 93.0 cm³/mol. The maximum absolute atomic E-state index is 12.2. The molecule has 0 aromatic carbocycles. The lowest BCUT2D eigenvalue weighted by Gasteiger charge is -2.33. The molecule has 0 saturated carbocycles. The van der Waals surface area contributed by atoms with Crippen LogP contribution in [0, 0.1) is 5.92 Å². The zero-order chi connectivity index (χ0) is 16.6. The number of rotatable bonds is 5. The van der Waals surface area contributed by atoms with Crippen molar-refractivity contribution in [2.45, 2.75) is 39.3 Å². The topological polar surface area (TPSA) is 53.9 Å². The zero-order valence-corrected chi connectivity index (χ0v) is 15.8. The lowest BCUT2D eigenvalue weighted by molar-refractivity contribution is -0.149. The summed E-state index contributed by atoms with van der Waals surface area (Å²) < 4.78 is 41.6. The quantitative estimate of drug-likeness (QED) is 0.303. The molecule has 1 heterocycles. The van der Waals surface area contributed by atoms with E-state index in [4.69, 9.17) is 4.74 Å². The molecule has 0 amide bonds. The second-order valence-corrected chi connectivity index (χ2v) is 5.11. The number of carbonyl (C=O) groups is 1. The Morgan fingerprint density at radius 1 is 1.30 bits per heavy atom. The second-order valence-electron chi connectivity index (χ2n) is 5.11. The first-order valence-corrected chi connectivity index (χ1v) is 7.64. The largest absolute Gasteiger partial charge is 0.466 e. The van der Waals surface area contributed by atoms with Gasteiger partial charge in [0.15, 0.2) is 5.96 Å². The van der Waals surface area contributed by atoms with Crippen molar-refractivity contribution in [2.24, 2.45) is 10.9 Å². The Kier molecular flexibility index (Phi) is 10.6. The summed E-state index contributed by atoms with van der Waals surface area (Å²) in [5.74, 6) is 0.157. The molecule has 136 valence electrons. The maximum atomic E-state index is 12.2. The fourth-order valence-corrected chi connectivity index (χ4v) is 2.30. The Hall–Kier alpha value is -0.740. The van der Waals surface area contributed by atoms with Gasteiger partial charge in [-0.2, -0.15) is 13.2 Å². The number of nitrogens with zero attached hydrogens (tertiary/aromatic N) is 2. The highest BCUT2D eigenvalue weighted by Crippen LogP contribution is 2.20. The molecule has 1 rings (SSSR count). The molecule has 9 heteroatoms. The van der Waals surface area contributed by atoms with E-state index in [-0.39, 0.29) is 42.4 Å². The molecule has 0 radical (unpaired) electrons. The normalized spacial score (nSPS) is 16.7. The van der Waals surface area contributed by atoms with Gasteiger partial charge < -0.3 is 15.0 Å². The lowest BCUT2D eigenvalue weighted by atomic mass is 9.97. The summed E-state index contributed by atoms with van der Waals surface area (Å²) in [6.07, 6.45) is -3.87. The van der Waals surface area contributed by atoms with Crippen molar-refractivity contribution in [1.29, 1.82) is 0 Å². The van der Waals surface area contributed by atoms with Crippen molar-refractivity contribution in [3.63, 3.8) is 0 Å². The summed E-state index contributed by atoms with van der Waals surface area (Å²) in [5, 5.41) is 3.00. The monoisotopic (exact) mass is 451 g/mol. The summed E-state index contributed by atoms with van der Waals surface area (Å²) in [6.45, 7) is 5.46. The number of nitrogens with one attached hydrogen (secondary N) is 1. The minimum atomic E-state index is -4.20. The van der Waals surface area contributed by atoms with E-state index in [0.29, 0.717) is 45.0 Å². The van der Waals surface area contributed by atoms with Crippen LogP contribution in [0.5, 0.6) is 0 Å². The number of esters is 1. The number of hydrogen-bond acceptors (Lipinski definition) is 3. The van der Waals surface area contributed by atoms with E-state index in [1.807, 2.05) is 11.8 Å². The predicted octanol–water partition coefficient (Wildman–Crippen LogP) is 2.80. The molecule has 0 unspecified atom stereocenters. The van der Waals surface area contributed by atoms with Crippen molar-refractivity contribution >= 4 is 35.9 Å². The Balaban J connectivity index is 0.00000484. The van der Waals surface area contributed by atoms with Crippen LogP contribution in [0.15, 0.2) is 4.99 Å². The van der Waals surface area contributed by atoms with E-state index in [2.05, 4.69) is 10.3 Å². The van der Waals surface area contributed by atoms with Crippen LogP contribution in [0.4, 0.5) is 13.2 Å². The smallest absolute Gasteiger partial charge is 0.390 e. The van der Waals surface area contributed by atoms with E-state index in [1.54, 1.807) is 6.92 Å². The number of likely N-dealkylation sites (tertiary alicyclic amines) is 1. The first-order valence-electron chi connectivity index (χ1n) is 7.64. The van der Waals surface area contributed by atoms with Crippen LogP contribution in [0.1, 0.15) is 33.1 Å². The number of halogens is 4. The average Bonchev–Trinajstić information content (AvgIpc) is 2.45. The first-order chi connectivity index (χ1) is 10.4. The van der Waals surface area contributed by atoms with Gasteiger partial charge in [0, 0.05) is 19.6 Å². The van der Waals surface area contributed by atoms with Gasteiger partial charge in [-0.3, -0.25) is 9.79 Å².